The largest absolute Gasteiger partial charge is 0.411 e. The molecule has 1 rings (SSSR count). The fourth-order valence-electron chi connectivity index (χ4n) is 2.00. The summed E-state index contributed by atoms with van der Waals surface area (Å²) in [5, 5.41) is 0. The van der Waals surface area contributed by atoms with Gasteiger partial charge in [-0.3, -0.25) is 4.90 Å². The highest BCUT2D eigenvalue weighted by atomic mass is 19.4. The van der Waals surface area contributed by atoms with Gasteiger partial charge in [0.2, 0.25) is 0 Å². The number of hydrogen-bond donors (Lipinski definition) is 1. The minimum absolute atomic E-state index is 0.118. The lowest BCUT2D eigenvalue weighted by Gasteiger charge is -2.22. The third kappa shape index (κ3) is 9.44. The molecule has 0 unspecified atom stereocenters. The summed E-state index contributed by atoms with van der Waals surface area (Å²) in [5.74, 6) is 0. The van der Waals surface area contributed by atoms with E-state index in [9.17, 15) is 13.2 Å². The lowest BCUT2D eigenvalue weighted by Crippen LogP contribution is -2.28. The fraction of sp³-hybridized carbons (Fsp3) is 0.600. The molecule has 0 aliphatic heterocycles. The van der Waals surface area contributed by atoms with Crippen LogP contribution < -0.4 is 5.73 Å². The molecule has 0 heterocycles. The van der Waals surface area contributed by atoms with Crippen molar-refractivity contribution in [2.75, 3.05) is 32.8 Å². The van der Waals surface area contributed by atoms with Gasteiger partial charge in [0, 0.05) is 19.7 Å². The molecule has 0 aromatic heterocycles. The molecule has 0 bridgehead atoms. The molecule has 21 heavy (non-hydrogen) atoms. The maximum absolute atomic E-state index is 11.9. The Balaban J connectivity index is 2.29. The van der Waals surface area contributed by atoms with Gasteiger partial charge in [-0.2, -0.15) is 13.2 Å². The zero-order valence-electron chi connectivity index (χ0n) is 12.1. The van der Waals surface area contributed by atoms with E-state index in [1.807, 2.05) is 30.3 Å². The van der Waals surface area contributed by atoms with Gasteiger partial charge < -0.3 is 10.5 Å². The van der Waals surface area contributed by atoms with E-state index in [-0.39, 0.29) is 6.61 Å². The quantitative estimate of drug-likeness (QED) is 0.676. The predicted octanol–water partition coefficient (Wildman–Crippen LogP) is 2.81. The molecule has 0 saturated carbocycles. The van der Waals surface area contributed by atoms with Gasteiger partial charge in [-0.05, 0) is 31.5 Å². The normalized spacial score (nSPS) is 12.0. The first-order valence-corrected chi connectivity index (χ1v) is 7.12. The molecule has 1 aromatic carbocycles. The van der Waals surface area contributed by atoms with Crippen molar-refractivity contribution in [3.8, 4) is 0 Å². The molecular weight excluding hydrogens is 281 g/mol. The van der Waals surface area contributed by atoms with Crippen LogP contribution in [-0.4, -0.2) is 43.9 Å². The Hall–Kier alpha value is -1.11. The van der Waals surface area contributed by atoms with Crippen molar-refractivity contribution >= 4 is 0 Å². The highest BCUT2D eigenvalue weighted by molar-refractivity contribution is 5.14. The Morgan fingerprint density at radius 1 is 1.05 bits per heavy atom. The Labute approximate surface area is 123 Å². The second-order valence-corrected chi connectivity index (χ2v) is 4.93. The maximum Gasteiger partial charge on any atom is 0.411 e. The molecule has 2 N–H and O–H groups in total. The monoisotopic (exact) mass is 304 g/mol. The van der Waals surface area contributed by atoms with Crippen molar-refractivity contribution in [1.29, 1.82) is 0 Å². The van der Waals surface area contributed by atoms with Gasteiger partial charge in [-0.25, -0.2) is 0 Å². The van der Waals surface area contributed by atoms with E-state index >= 15 is 0 Å². The first-order valence-electron chi connectivity index (χ1n) is 7.12. The van der Waals surface area contributed by atoms with Crippen molar-refractivity contribution < 1.29 is 17.9 Å². The topological polar surface area (TPSA) is 38.5 Å². The Morgan fingerprint density at radius 3 is 2.33 bits per heavy atom. The molecular formula is C15H23F3N2O. The third-order valence-corrected chi connectivity index (χ3v) is 2.96. The molecule has 0 spiro atoms. The number of ether oxygens (including phenoxy) is 1. The number of rotatable bonds is 10. The molecule has 0 atom stereocenters. The van der Waals surface area contributed by atoms with E-state index in [0.717, 1.165) is 19.5 Å². The van der Waals surface area contributed by atoms with Crippen LogP contribution in [0.3, 0.4) is 0 Å². The van der Waals surface area contributed by atoms with Gasteiger partial charge in [0.05, 0.1) is 0 Å². The standard InChI is InChI=1S/C15H23F3N2O/c16-15(17,18)13-21-11-5-10-20(9-4-8-19)12-14-6-2-1-3-7-14/h1-3,6-7H,4-5,8-13,19H2. The third-order valence-electron chi connectivity index (χ3n) is 2.96. The maximum atomic E-state index is 11.9. The van der Waals surface area contributed by atoms with Crippen LogP contribution in [0, 0.1) is 0 Å². The average molecular weight is 304 g/mol. The van der Waals surface area contributed by atoms with Crippen LogP contribution in [0.2, 0.25) is 0 Å². The van der Waals surface area contributed by atoms with Gasteiger partial charge in [-0.15, -0.1) is 0 Å². The second-order valence-electron chi connectivity index (χ2n) is 4.93. The summed E-state index contributed by atoms with van der Waals surface area (Å²) in [5.41, 5.74) is 6.70. The first kappa shape index (κ1) is 17.9. The SMILES string of the molecule is NCCCN(CCCOCC(F)(F)F)Cc1ccccc1. The minimum atomic E-state index is -4.25. The number of alkyl halides is 3. The molecule has 0 aliphatic carbocycles. The van der Waals surface area contributed by atoms with Crippen LogP contribution in [0.15, 0.2) is 30.3 Å². The summed E-state index contributed by atoms with van der Waals surface area (Å²) in [6.07, 6.45) is -2.80. The number of benzene rings is 1. The molecule has 6 heteroatoms. The molecule has 1 aromatic rings. The van der Waals surface area contributed by atoms with Gasteiger partial charge in [0.25, 0.3) is 0 Å². The Morgan fingerprint density at radius 2 is 1.71 bits per heavy atom. The van der Waals surface area contributed by atoms with Crippen LogP contribution in [0.4, 0.5) is 13.2 Å². The van der Waals surface area contributed by atoms with Crippen LogP contribution in [-0.2, 0) is 11.3 Å². The van der Waals surface area contributed by atoms with Crippen molar-refractivity contribution in [2.24, 2.45) is 5.73 Å². The lowest BCUT2D eigenvalue weighted by atomic mass is 10.2. The molecule has 3 nitrogen and oxygen atoms in total. The summed E-state index contributed by atoms with van der Waals surface area (Å²) in [7, 11) is 0. The fourth-order valence-corrected chi connectivity index (χ4v) is 2.00. The summed E-state index contributed by atoms with van der Waals surface area (Å²) < 4.78 is 40.5. The highest BCUT2D eigenvalue weighted by Crippen LogP contribution is 2.14. The predicted molar refractivity (Wildman–Crippen MR) is 76.9 cm³/mol. The van der Waals surface area contributed by atoms with Gasteiger partial charge in [-0.1, -0.05) is 30.3 Å². The molecule has 0 radical (unpaired) electrons. The first-order chi connectivity index (χ1) is 10.0. The smallest absolute Gasteiger partial charge is 0.372 e. The van der Waals surface area contributed by atoms with Crippen LogP contribution in [0.1, 0.15) is 18.4 Å². The van der Waals surface area contributed by atoms with Crippen LogP contribution in [0.25, 0.3) is 0 Å². The highest BCUT2D eigenvalue weighted by Gasteiger charge is 2.27. The number of nitrogens with zero attached hydrogens (tertiary/aromatic N) is 1. The molecule has 0 aliphatic rings. The number of nitrogens with two attached hydrogens (primary N) is 1. The number of hydrogen-bond acceptors (Lipinski definition) is 3. The minimum Gasteiger partial charge on any atom is -0.372 e. The van der Waals surface area contributed by atoms with E-state index in [2.05, 4.69) is 9.64 Å². The Bertz CT molecular complexity index is 371. The van der Waals surface area contributed by atoms with E-state index < -0.39 is 12.8 Å². The van der Waals surface area contributed by atoms with Crippen molar-refractivity contribution in [3.05, 3.63) is 35.9 Å². The molecule has 120 valence electrons. The van der Waals surface area contributed by atoms with Crippen molar-refractivity contribution in [1.82, 2.24) is 4.90 Å². The summed E-state index contributed by atoms with van der Waals surface area (Å²) >= 11 is 0. The average Bonchev–Trinajstić information content (AvgIpc) is 2.44. The molecule has 0 fully saturated rings. The van der Waals surface area contributed by atoms with Crippen molar-refractivity contribution in [3.63, 3.8) is 0 Å². The van der Waals surface area contributed by atoms with E-state index in [1.54, 1.807) is 0 Å². The molecule has 0 saturated heterocycles. The Kier molecular flexibility index (Phi) is 8.34. The van der Waals surface area contributed by atoms with Crippen LogP contribution >= 0.6 is 0 Å². The van der Waals surface area contributed by atoms with Crippen LogP contribution in [0.5, 0.6) is 0 Å². The van der Waals surface area contributed by atoms with Gasteiger partial charge in [0.15, 0.2) is 0 Å². The van der Waals surface area contributed by atoms with Gasteiger partial charge in [0.1, 0.15) is 6.61 Å². The second kappa shape index (κ2) is 9.76. The summed E-state index contributed by atoms with van der Waals surface area (Å²) in [4.78, 5) is 2.19. The summed E-state index contributed by atoms with van der Waals surface area (Å²) in [6.45, 7) is 1.87. The van der Waals surface area contributed by atoms with E-state index in [0.29, 0.717) is 19.5 Å². The number of halogens is 3. The van der Waals surface area contributed by atoms with Gasteiger partial charge >= 0.3 is 6.18 Å². The molecule has 0 amide bonds. The van der Waals surface area contributed by atoms with Crippen molar-refractivity contribution in [2.45, 2.75) is 25.6 Å². The zero-order valence-corrected chi connectivity index (χ0v) is 12.1. The zero-order chi connectivity index (χ0) is 15.6. The lowest BCUT2D eigenvalue weighted by molar-refractivity contribution is -0.174. The summed E-state index contributed by atoms with van der Waals surface area (Å²) in [6, 6.07) is 9.98. The van der Waals surface area contributed by atoms with E-state index in [4.69, 9.17) is 5.73 Å². The van der Waals surface area contributed by atoms with E-state index in [1.165, 1.54) is 5.56 Å².